The molecule has 0 radical (unpaired) electrons. The van der Waals surface area contributed by atoms with Gasteiger partial charge >= 0.3 is 0 Å². The fourth-order valence-corrected chi connectivity index (χ4v) is 1.56. The first-order valence-electron chi connectivity index (χ1n) is 4.22. The lowest BCUT2D eigenvalue weighted by molar-refractivity contribution is 0.408. The van der Waals surface area contributed by atoms with Crippen molar-refractivity contribution in [1.82, 2.24) is 0 Å². The summed E-state index contributed by atoms with van der Waals surface area (Å²) in [5.41, 5.74) is 6.76. The number of rotatable bonds is 3. The minimum atomic E-state index is 0.118. The Bertz CT molecular complexity index is 286. The Morgan fingerprint density at radius 2 is 2.23 bits per heavy atom. The summed E-state index contributed by atoms with van der Waals surface area (Å²) in [4.78, 5) is 0. The van der Waals surface area contributed by atoms with Crippen LogP contribution in [0.5, 0.6) is 5.75 Å². The van der Waals surface area contributed by atoms with Crippen LogP contribution in [0.2, 0.25) is 5.02 Å². The molecule has 0 unspecified atom stereocenters. The number of hydrogen-bond donors (Lipinski definition) is 1. The molecule has 3 heteroatoms. The van der Waals surface area contributed by atoms with Crippen molar-refractivity contribution in [2.24, 2.45) is 5.73 Å². The molecule has 0 spiro atoms. The molecular formula is C10H14ClNO. The largest absolute Gasteiger partial charge is 0.495 e. The molecule has 0 saturated carbocycles. The first-order valence-corrected chi connectivity index (χ1v) is 4.60. The molecule has 0 aliphatic rings. The van der Waals surface area contributed by atoms with E-state index in [4.69, 9.17) is 22.1 Å². The first kappa shape index (κ1) is 10.4. The molecule has 2 N–H and O–H groups in total. The minimum Gasteiger partial charge on any atom is -0.495 e. The van der Waals surface area contributed by atoms with Gasteiger partial charge in [0.25, 0.3) is 0 Å². The van der Waals surface area contributed by atoms with Gasteiger partial charge in [0.15, 0.2) is 0 Å². The summed E-state index contributed by atoms with van der Waals surface area (Å²) < 4.78 is 5.19. The second kappa shape index (κ2) is 4.49. The number of halogens is 1. The topological polar surface area (TPSA) is 35.2 Å². The summed E-state index contributed by atoms with van der Waals surface area (Å²) in [5.74, 6) is 0.737. The highest BCUT2D eigenvalue weighted by molar-refractivity contribution is 6.32. The molecule has 1 aromatic carbocycles. The van der Waals surface area contributed by atoms with Crippen molar-refractivity contribution < 1.29 is 4.74 Å². The summed E-state index contributed by atoms with van der Waals surface area (Å²) in [7, 11) is 1.62. The fraction of sp³-hybridized carbons (Fsp3) is 0.400. The average molecular weight is 200 g/mol. The number of para-hydroxylation sites is 1. The van der Waals surface area contributed by atoms with E-state index in [0.717, 1.165) is 17.7 Å². The Hall–Kier alpha value is -0.730. The van der Waals surface area contributed by atoms with Crippen LogP contribution in [0, 0.1) is 0 Å². The third-order valence-electron chi connectivity index (χ3n) is 1.79. The third-order valence-corrected chi connectivity index (χ3v) is 2.09. The second-order valence-corrected chi connectivity index (χ2v) is 3.52. The number of ether oxygens (including phenoxy) is 1. The summed E-state index contributed by atoms with van der Waals surface area (Å²) >= 11 is 5.95. The Morgan fingerprint density at radius 3 is 2.77 bits per heavy atom. The van der Waals surface area contributed by atoms with Crippen LogP contribution in [-0.2, 0) is 6.42 Å². The van der Waals surface area contributed by atoms with Gasteiger partial charge in [-0.25, -0.2) is 0 Å². The van der Waals surface area contributed by atoms with Gasteiger partial charge in [0.2, 0.25) is 0 Å². The molecule has 0 amide bonds. The lowest BCUT2D eigenvalue weighted by atomic mass is 10.1. The van der Waals surface area contributed by atoms with Gasteiger partial charge in [0.1, 0.15) is 5.75 Å². The van der Waals surface area contributed by atoms with Gasteiger partial charge < -0.3 is 10.5 Å². The molecule has 0 fully saturated rings. The molecule has 2 nitrogen and oxygen atoms in total. The first-order chi connectivity index (χ1) is 6.15. The van der Waals surface area contributed by atoms with Crippen LogP contribution in [0.1, 0.15) is 12.5 Å². The number of benzene rings is 1. The van der Waals surface area contributed by atoms with E-state index in [9.17, 15) is 0 Å². The van der Waals surface area contributed by atoms with Crippen molar-refractivity contribution in [2.75, 3.05) is 7.11 Å². The van der Waals surface area contributed by atoms with E-state index in [1.165, 1.54) is 0 Å². The lowest BCUT2D eigenvalue weighted by Gasteiger charge is -2.11. The van der Waals surface area contributed by atoms with E-state index < -0.39 is 0 Å². The van der Waals surface area contributed by atoms with Gasteiger partial charge in [0.05, 0.1) is 12.1 Å². The minimum absolute atomic E-state index is 0.118. The van der Waals surface area contributed by atoms with Crippen LogP contribution in [0.4, 0.5) is 0 Å². The Kier molecular flexibility index (Phi) is 3.58. The smallest absolute Gasteiger partial charge is 0.140 e. The van der Waals surface area contributed by atoms with Gasteiger partial charge in [-0.05, 0) is 25.0 Å². The van der Waals surface area contributed by atoms with Gasteiger partial charge in [-0.3, -0.25) is 0 Å². The highest BCUT2D eigenvalue weighted by Gasteiger charge is 2.08. The zero-order valence-corrected chi connectivity index (χ0v) is 8.64. The summed E-state index contributed by atoms with van der Waals surface area (Å²) in [6.07, 6.45) is 0.781. The summed E-state index contributed by atoms with van der Waals surface area (Å²) in [5, 5.41) is 0.639. The van der Waals surface area contributed by atoms with E-state index in [0.29, 0.717) is 5.02 Å². The maximum Gasteiger partial charge on any atom is 0.140 e. The van der Waals surface area contributed by atoms with E-state index in [1.54, 1.807) is 7.11 Å². The second-order valence-electron chi connectivity index (χ2n) is 3.11. The zero-order valence-electron chi connectivity index (χ0n) is 7.88. The predicted octanol–water partition coefficient (Wildman–Crippen LogP) is 2.24. The molecular weight excluding hydrogens is 186 g/mol. The average Bonchev–Trinajstić information content (AvgIpc) is 2.03. The van der Waals surface area contributed by atoms with Crippen LogP contribution < -0.4 is 10.5 Å². The van der Waals surface area contributed by atoms with Crippen LogP contribution in [0.25, 0.3) is 0 Å². The van der Waals surface area contributed by atoms with Crippen molar-refractivity contribution in [3.05, 3.63) is 28.8 Å². The fourth-order valence-electron chi connectivity index (χ4n) is 1.29. The van der Waals surface area contributed by atoms with Crippen molar-refractivity contribution in [3.63, 3.8) is 0 Å². The molecule has 0 saturated heterocycles. The van der Waals surface area contributed by atoms with Crippen LogP contribution in [-0.4, -0.2) is 13.2 Å². The van der Waals surface area contributed by atoms with Crippen molar-refractivity contribution >= 4 is 11.6 Å². The van der Waals surface area contributed by atoms with E-state index in [2.05, 4.69) is 0 Å². The third kappa shape index (κ3) is 2.61. The quantitative estimate of drug-likeness (QED) is 0.811. The van der Waals surface area contributed by atoms with Crippen LogP contribution >= 0.6 is 11.6 Å². The van der Waals surface area contributed by atoms with Crippen molar-refractivity contribution in [3.8, 4) is 5.75 Å². The van der Waals surface area contributed by atoms with Crippen LogP contribution in [0.3, 0.4) is 0 Å². The molecule has 1 aromatic rings. The van der Waals surface area contributed by atoms with Gasteiger partial charge in [-0.1, -0.05) is 23.7 Å². The molecule has 0 aliphatic heterocycles. The van der Waals surface area contributed by atoms with Crippen molar-refractivity contribution in [1.29, 1.82) is 0 Å². The molecule has 1 rings (SSSR count). The monoisotopic (exact) mass is 199 g/mol. The Morgan fingerprint density at radius 1 is 1.54 bits per heavy atom. The molecule has 0 aromatic heterocycles. The number of methoxy groups -OCH3 is 1. The standard InChI is InChI=1S/C10H14ClNO/c1-7(12)6-8-4-3-5-9(11)10(8)13-2/h3-5,7H,6,12H2,1-2H3/t7-/m0/s1. The molecule has 72 valence electrons. The maximum absolute atomic E-state index is 5.95. The molecule has 0 heterocycles. The molecule has 0 aliphatic carbocycles. The van der Waals surface area contributed by atoms with Gasteiger partial charge in [-0.15, -0.1) is 0 Å². The number of hydrogen-bond acceptors (Lipinski definition) is 2. The van der Waals surface area contributed by atoms with E-state index in [-0.39, 0.29) is 6.04 Å². The van der Waals surface area contributed by atoms with Gasteiger partial charge in [-0.2, -0.15) is 0 Å². The summed E-state index contributed by atoms with van der Waals surface area (Å²) in [6, 6.07) is 5.81. The van der Waals surface area contributed by atoms with Crippen molar-refractivity contribution in [2.45, 2.75) is 19.4 Å². The predicted molar refractivity (Wildman–Crippen MR) is 55.4 cm³/mol. The molecule has 1 atom stereocenters. The molecule has 0 bridgehead atoms. The normalized spacial score (nSPS) is 12.6. The number of nitrogens with two attached hydrogens (primary N) is 1. The van der Waals surface area contributed by atoms with Gasteiger partial charge in [0, 0.05) is 6.04 Å². The Balaban J connectivity index is 2.98. The Labute approximate surface area is 83.6 Å². The zero-order chi connectivity index (χ0) is 9.84. The SMILES string of the molecule is COc1c(Cl)cccc1C[C@H](C)N. The van der Waals surface area contributed by atoms with E-state index in [1.807, 2.05) is 25.1 Å². The van der Waals surface area contributed by atoms with Crippen LogP contribution in [0.15, 0.2) is 18.2 Å². The maximum atomic E-state index is 5.95. The molecule has 13 heavy (non-hydrogen) atoms. The lowest BCUT2D eigenvalue weighted by Crippen LogP contribution is -2.18. The highest BCUT2D eigenvalue weighted by Crippen LogP contribution is 2.28. The van der Waals surface area contributed by atoms with E-state index >= 15 is 0 Å². The summed E-state index contributed by atoms with van der Waals surface area (Å²) in [6.45, 7) is 1.96. The highest BCUT2D eigenvalue weighted by atomic mass is 35.5.